The van der Waals surface area contributed by atoms with E-state index in [0.717, 1.165) is 25.3 Å². The van der Waals surface area contributed by atoms with Crippen molar-refractivity contribution in [3.8, 4) is 0 Å². The summed E-state index contributed by atoms with van der Waals surface area (Å²) in [6, 6.07) is 5.47. The number of non-ortho nitro benzene ring substituents is 1. The van der Waals surface area contributed by atoms with E-state index in [2.05, 4.69) is 5.32 Å². The van der Waals surface area contributed by atoms with Gasteiger partial charge in [-0.1, -0.05) is 0 Å². The van der Waals surface area contributed by atoms with Crippen LogP contribution in [-0.2, 0) is 10.0 Å². The molecule has 0 aromatic heterocycles. The topological polar surface area (TPSA) is 92.5 Å². The molecule has 1 aliphatic heterocycles. The first-order valence-electron chi connectivity index (χ1n) is 7.95. The van der Waals surface area contributed by atoms with E-state index in [1.807, 2.05) is 0 Å². The van der Waals surface area contributed by atoms with Crippen LogP contribution in [0.4, 0.5) is 5.69 Å². The van der Waals surface area contributed by atoms with Gasteiger partial charge in [0, 0.05) is 31.3 Å². The lowest BCUT2D eigenvalue weighted by molar-refractivity contribution is -0.384. The molecule has 1 aromatic rings. The second-order valence-electron chi connectivity index (χ2n) is 6.28. The van der Waals surface area contributed by atoms with Gasteiger partial charge in [0.15, 0.2) is 0 Å². The third-order valence-electron chi connectivity index (χ3n) is 4.53. The Morgan fingerprint density at radius 3 is 2.21 bits per heavy atom. The maximum atomic E-state index is 12.6. The van der Waals surface area contributed by atoms with Gasteiger partial charge in [-0.25, -0.2) is 8.42 Å². The van der Waals surface area contributed by atoms with E-state index in [-0.39, 0.29) is 23.0 Å². The highest BCUT2D eigenvalue weighted by Crippen LogP contribution is 2.28. The summed E-state index contributed by atoms with van der Waals surface area (Å²) < 4.78 is 26.6. The molecule has 2 aliphatic rings. The van der Waals surface area contributed by atoms with Crippen molar-refractivity contribution < 1.29 is 13.3 Å². The molecular formula is C15H22ClN3O4S. The number of sulfonamides is 1. The van der Waals surface area contributed by atoms with Crippen molar-refractivity contribution in [3.05, 3.63) is 34.4 Å². The molecule has 9 heteroatoms. The Hall–Kier alpha value is -1.22. The van der Waals surface area contributed by atoms with Crippen LogP contribution in [0.25, 0.3) is 0 Å². The molecule has 7 nitrogen and oxygen atoms in total. The summed E-state index contributed by atoms with van der Waals surface area (Å²) in [5, 5.41) is 14.2. The van der Waals surface area contributed by atoms with Gasteiger partial charge in [-0.15, -0.1) is 12.4 Å². The molecule has 0 radical (unpaired) electrons. The van der Waals surface area contributed by atoms with E-state index in [4.69, 9.17) is 0 Å². The molecule has 1 aromatic carbocycles. The molecule has 0 amide bonds. The number of benzene rings is 1. The van der Waals surface area contributed by atoms with Gasteiger partial charge in [-0.05, 0) is 50.3 Å². The number of rotatable bonds is 6. The van der Waals surface area contributed by atoms with Crippen molar-refractivity contribution in [1.82, 2.24) is 9.62 Å². The largest absolute Gasteiger partial charge is 0.314 e. The first-order valence-corrected chi connectivity index (χ1v) is 9.39. The number of hydrogen-bond acceptors (Lipinski definition) is 5. The Kier molecular flexibility index (Phi) is 6.19. The summed E-state index contributed by atoms with van der Waals surface area (Å²) in [5.41, 5.74) is -0.105. The molecule has 0 bridgehead atoms. The standard InChI is InChI=1S/C15H21N3O4S.ClH/c19-18(20)14-3-5-15(6-4-14)23(21,22)17-9-7-13(8-10-17)16-11-12-1-2-12;/h3-6,12-13,16H,1-2,7-11H2;1H. The summed E-state index contributed by atoms with van der Waals surface area (Å²) in [4.78, 5) is 10.2. The predicted octanol–water partition coefficient (Wildman–Crippen LogP) is 2.17. The average Bonchev–Trinajstić information content (AvgIpc) is 3.38. The van der Waals surface area contributed by atoms with E-state index in [0.29, 0.717) is 19.1 Å². The molecular weight excluding hydrogens is 354 g/mol. The van der Waals surface area contributed by atoms with Crippen LogP contribution in [-0.4, -0.2) is 43.3 Å². The van der Waals surface area contributed by atoms with E-state index in [1.165, 1.54) is 41.4 Å². The fourth-order valence-corrected chi connectivity index (χ4v) is 4.31. The highest BCUT2D eigenvalue weighted by molar-refractivity contribution is 7.89. The molecule has 3 rings (SSSR count). The van der Waals surface area contributed by atoms with Gasteiger partial charge in [0.25, 0.3) is 5.69 Å². The number of nitrogens with one attached hydrogen (secondary N) is 1. The number of nitro groups is 1. The predicted molar refractivity (Wildman–Crippen MR) is 92.9 cm³/mol. The van der Waals surface area contributed by atoms with Crippen molar-refractivity contribution >= 4 is 28.1 Å². The van der Waals surface area contributed by atoms with Crippen molar-refractivity contribution in [2.45, 2.75) is 36.6 Å². The zero-order valence-electron chi connectivity index (χ0n) is 13.3. The Balaban J connectivity index is 0.00000208. The molecule has 0 spiro atoms. The average molecular weight is 376 g/mol. The van der Waals surface area contributed by atoms with Crippen molar-refractivity contribution in [2.24, 2.45) is 5.92 Å². The third-order valence-corrected chi connectivity index (χ3v) is 6.44. The zero-order valence-corrected chi connectivity index (χ0v) is 14.9. The molecule has 1 N–H and O–H groups in total. The van der Waals surface area contributed by atoms with E-state index in [1.54, 1.807) is 0 Å². The number of piperidine rings is 1. The van der Waals surface area contributed by atoms with Gasteiger partial charge in [0.2, 0.25) is 10.0 Å². The summed E-state index contributed by atoms with van der Waals surface area (Å²) >= 11 is 0. The quantitative estimate of drug-likeness (QED) is 0.607. The maximum Gasteiger partial charge on any atom is 0.269 e. The van der Waals surface area contributed by atoms with Gasteiger partial charge in [-0.3, -0.25) is 10.1 Å². The summed E-state index contributed by atoms with van der Waals surface area (Å²) in [5.74, 6) is 0.817. The van der Waals surface area contributed by atoms with Gasteiger partial charge >= 0.3 is 0 Å². The number of nitro benzene ring substituents is 1. The highest BCUT2D eigenvalue weighted by atomic mass is 35.5. The van der Waals surface area contributed by atoms with Crippen LogP contribution >= 0.6 is 12.4 Å². The molecule has 1 aliphatic carbocycles. The Labute approximate surface area is 148 Å². The third kappa shape index (κ3) is 4.44. The van der Waals surface area contributed by atoms with Crippen LogP contribution in [0.1, 0.15) is 25.7 Å². The van der Waals surface area contributed by atoms with Crippen LogP contribution in [0.2, 0.25) is 0 Å². The second-order valence-corrected chi connectivity index (χ2v) is 8.22. The lowest BCUT2D eigenvalue weighted by Gasteiger charge is -2.31. The first kappa shape index (κ1) is 19.1. The molecule has 24 heavy (non-hydrogen) atoms. The van der Waals surface area contributed by atoms with Crippen molar-refractivity contribution in [2.75, 3.05) is 19.6 Å². The number of hydrogen-bond donors (Lipinski definition) is 1. The molecule has 2 fully saturated rings. The minimum Gasteiger partial charge on any atom is -0.314 e. The van der Waals surface area contributed by atoms with Gasteiger partial charge < -0.3 is 5.32 Å². The second kappa shape index (κ2) is 7.77. The lowest BCUT2D eigenvalue weighted by atomic mass is 10.1. The Bertz CT molecular complexity index is 668. The molecule has 1 saturated heterocycles. The minimum absolute atomic E-state index is 0. The molecule has 1 heterocycles. The molecule has 1 saturated carbocycles. The maximum absolute atomic E-state index is 12.6. The van der Waals surface area contributed by atoms with Gasteiger partial charge in [0.1, 0.15) is 0 Å². The first-order chi connectivity index (χ1) is 11.0. The van der Waals surface area contributed by atoms with Crippen LogP contribution in [0.3, 0.4) is 0 Å². The monoisotopic (exact) mass is 375 g/mol. The summed E-state index contributed by atoms with van der Waals surface area (Å²) in [7, 11) is -3.56. The van der Waals surface area contributed by atoms with E-state index in [9.17, 15) is 18.5 Å². The molecule has 134 valence electrons. The van der Waals surface area contributed by atoms with Crippen molar-refractivity contribution in [1.29, 1.82) is 0 Å². The fraction of sp³-hybridized carbons (Fsp3) is 0.600. The van der Waals surface area contributed by atoms with Crippen molar-refractivity contribution in [3.63, 3.8) is 0 Å². The highest BCUT2D eigenvalue weighted by Gasteiger charge is 2.30. The fourth-order valence-electron chi connectivity index (χ4n) is 2.84. The van der Waals surface area contributed by atoms with E-state index >= 15 is 0 Å². The van der Waals surface area contributed by atoms with Crippen LogP contribution < -0.4 is 5.32 Å². The minimum atomic E-state index is -3.56. The van der Waals surface area contributed by atoms with Gasteiger partial charge in [-0.2, -0.15) is 4.31 Å². The van der Waals surface area contributed by atoms with E-state index < -0.39 is 14.9 Å². The smallest absolute Gasteiger partial charge is 0.269 e. The number of halogens is 1. The molecule has 0 atom stereocenters. The Morgan fingerprint density at radius 2 is 1.71 bits per heavy atom. The normalized spacial score (nSPS) is 19.7. The lowest BCUT2D eigenvalue weighted by Crippen LogP contribution is -2.45. The van der Waals surface area contributed by atoms with Gasteiger partial charge in [0.05, 0.1) is 9.82 Å². The SMILES string of the molecule is Cl.O=[N+]([O-])c1ccc(S(=O)(=O)N2CCC(NCC3CC3)CC2)cc1. The summed E-state index contributed by atoms with van der Waals surface area (Å²) in [6.07, 6.45) is 4.22. The molecule has 0 unspecified atom stereocenters. The number of nitrogens with zero attached hydrogens (tertiary/aromatic N) is 2. The summed E-state index contributed by atoms with van der Waals surface area (Å²) in [6.45, 7) is 2.02. The van der Waals surface area contributed by atoms with Crippen LogP contribution in [0, 0.1) is 16.0 Å². The van der Waals surface area contributed by atoms with Crippen LogP contribution in [0.5, 0.6) is 0 Å². The zero-order chi connectivity index (χ0) is 16.4. The Morgan fingerprint density at radius 1 is 1.12 bits per heavy atom. The van der Waals surface area contributed by atoms with Crippen LogP contribution in [0.15, 0.2) is 29.2 Å².